The first-order valence-electron chi connectivity index (χ1n) is 10.2. The molecule has 1 saturated carbocycles. The highest BCUT2D eigenvalue weighted by molar-refractivity contribution is 5.67. The fraction of sp³-hybridized carbons (Fsp3) is 0.409. The molecule has 0 radical (unpaired) electrons. The number of carbonyl (C=O) groups excluding carboxylic acids is 1. The quantitative estimate of drug-likeness (QED) is 0.730. The van der Waals surface area contributed by atoms with Gasteiger partial charge in [-0.1, -0.05) is 30.3 Å². The van der Waals surface area contributed by atoms with Gasteiger partial charge in [-0.2, -0.15) is 9.61 Å². The Hall–Kier alpha value is -3.09. The summed E-state index contributed by atoms with van der Waals surface area (Å²) in [5, 5.41) is 14.7. The van der Waals surface area contributed by atoms with Crippen LogP contribution in [0.1, 0.15) is 54.3 Å². The summed E-state index contributed by atoms with van der Waals surface area (Å²) in [7, 11) is 0. The molecule has 1 saturated heterocycles. The van der Waals surface area contributed by atoms with Crippen LogP contribution in [0.4, 0.5) is 4.79 Å². The fourth-order valence-electron chi connectivity index (χ4n) is 4.04. The van der Waals surface area contributed by atoms with Gasteiger partial charge in [0.1, 0.15) is 6.61 Å². The number of hydrogen-bond acceptors (Lipinski definition) is 5. The molecule has 0 bridgehead atoms. The van der Waals surface area contributed by atoms with Crippen molar-refractivity contribution in [1.82, 2.24) is 19.5 Å². The van der Waals surface area contributed by atoms with Crippen molar-refractivity contribution < 1.29 is 14.6 Å². The average Bonchev–Trinajstić information content (AvgIpc) is 3.51. The summed E-state index contributed by atoms with van der Waals surface area (Å²) in [5.41, 5.74) is 3.77. The fourth-order valence-corrected chi connectivity index (χ4v) is 4.04. The van der Waals surface area contributed by atoms with Crippen molar-refractivity contribution in [2.45, 2.75) is 44.1 Å². The Morgan fingerprint density at radius 2 is 1.86 bits per heavy atom. The van der Waals surface area contributed by atoms with E-state index in [1.54, 1.807) is 11.0 Å². The zero-order chi connectivity index (χ0) is 19.8. The zero-order valence-corrected chi connectivity index (χ0v) is 16.2. The Bertz CT molecular complexity index is 1020. The molecule has 1 N–H and O–H groups in total. The van der Waals surface area contributed by atoms with Crippen LogP contribution in [0, 0.1) is 0 Å². The average molecular weight is 392 g/mol. The molecular formula is C22H24N4O3. The van der Waals surface area contributed by atoms with Gasteiger partial charge in [0.15, 0.2) is 5.65 Å². The molecule has 1 aromatic carbocycles. The van der Waals surface area contributed by atoms with Gasteiger partial charge in [-0.3, -0.25) is 0 Å². The van der Waals surface area contributed by atoms with Gasteiger partial charge in [-0.25, -0.2) is 9.78 Å². The van der Waals surface area contributed by atoms with E-state index in [9.17, 15) is 9.90 Å². The largest absolute Gasteiger partial charge is 0.493 e. The second-order valence-corrected chi connectivity index (χ2v) is 7.95. The van der Waals surface area contributed by atoms with Gasteiger partial charge in [0.25, 0.3) is 0 Å². The standard InChI is InChI=1S/C22H24N4O3/c27-20-12-19(24-21-18(16-6-7-16)13-23-26(20)21)17-8-10-25(11-9-17)22(28)29-14-15-4-2-1-3-5-15/h1-5,12-13,16-17,27H,6-11,14H2. The SMILES string of the molecule is O=C(OCc1ccccc1)N1CCC(c2cc(O)n3ncc(C4CC4)c3n2)CC1. The third kappa shape index (κ3) is 3.64. The zero-order valence-electron chi connectivity index (χ0n) is 16.2. The van der Waals surface area contributed by atoms with Crippen LogP contribution >= 0.6 is 0 Å². The van der Waals surface area contributed by atoms with E-state index >= 15 is 0 Å². The van der Waals surface area contributed by atoms with Crippen LogP contribution in [0.3, 0.4) is 0 Å². The molecule has 2 aromatic heterocycles. The van der Waals surface area contributed by atoms with E-state index in [4.69, 9.17) is 9.72 Å². The van der Waals surface area contributed by atoms with Crippen LogP contribution in [-0.2, 0) is 11.3 Å². The molecule has 5 rings (SSSR count). The molecule has 2 fully saturated rings. The number of ether oxygens (including phenoxy) is 1. The molecule has 3 heterocycles. The van der Waals surface area contributed by atoms with Crippen LogP contribution in [0.2, 0.25) is 0 Å². The highest BCUT2D eigenvalue weighted by Gasteiger charge is 2.30. The van der Waals surface area contributed by atoms with Gasteiger partial charge in [0, 0.05) is 30.6 Å². The first-order valence-corrected chi connectivity index (χ1v) is 10.2. The van der Waals surface area contributed by atoms with E-state index in [2.05, 4.69) is 5.10 Å². The van der Waals surface area contributed by atoms with Crippen molar-refractivity contribution in [1.29, 1.82) is 0 Å². The monoisotopic (exact) mass is 392 g/mol. The molecule has 1 amide bonds. The number of aromatic hydroxyl groups is 1. The maximum atomic E-state index is 12.4. The minimum absolute atomic E-state index is 0.126. The van der Waals surface area contributed by atoms with Gasteiger partial charge >= 0.3 is 6.09 Å². The van der Waals surface area contributed by atoms with Crippen LogP contribution in [0.5, 0.6) is 5.88 Å². The molecule has 0 spiro atoms. The minimum atomic E-state index is -0.273. The Morgan fingerprint density at radius 1 is 1.10 bits per heavy atom. The van der Waals surface area contributed by atoms with Crippen molar-refractivity contribution in [3.8, 4) is 5.88 Å². The second-order valence-electron chi connectivity index (χ2n) is 7.95. The van der Waals surface area contributed by atoms with Crippen LogP contribution in [-0.4, -0.2) is 43.8 Å². The topological polar surface area (TPSA) is 80.0 Å². The number of hydrogen-bond donors (Lipinski definition) is 1. The molecule has 1 aliphatic carbocycles. The van der Waals surface area contributed by atoms with Crippen molar-refractivity contribution >= 4 is 11.7 Å². The van der Waals surface area contributed by atoms with Gasteiger partial charge in [0.2, 0.25) is 5.88 Å². The van der Waals surface area contributed by atoms with Crippen LogP contribution in [0.25, 0.3) is 5.65 Å². The van der Waals surface area contributed by atoms with E-state index in [0.29, 0.717) is 19.0 Å². The Balaban J connectivity index is 1.23. The number of piperidine rings is 1. The van der Waals surface area contributed by atoms with Crippen molar-refractivity contribution in [2.75, 3.05) is 13.1 Å². The molecule has 0 atom stereocenters. The minimum Gasteiger partial charge on any atom is -0.493 e. The van der Waals surface area contributed by atoms with Crippen molar-refractivity contribution in [3.05, 3.63) is 59.4 Å². The van der Waals surface area contributed by atoms with Crippen molar-refractivity contribution in [3.63, 3.8) is 0 Å². The summed E-state index contributed by atoms with van der Waals surface area (Å²) in [6, 6.07) is 11.4. The summed E-state index contributed by atoms with van der Waals surface area (Å²) >= 11 is 0. The number of likely N-dealkylation sites (tertiary alicyclic amines) is 1. The summed E-state index contributed by atoms with van der Waals surface area (Å²) in [5.74, 6) is 0.864. The molecule has 7 nitrogen and oxygen atoms in total. The number of carbonyl (C=O) groups is 1. The van der Waals surface area contributed by atoms with Gasteiger partial charge in [0.05, 0.1) is 11.9 Å². The number of amides is 1. The summed E-state index contributed by atoms with van der Waals surface area (Å²) in [6.45, 7) is 1.54. The number of aromatic nitrogens is 3. The maximum Gasteiger partial charge on any atom is 0.410 e. The third-order valence-corrected chi connectivity index (χ3v) is 5.89. The van der Waals surface area contributed by atoms with Crippen LogP contribution < -0.4 is 0 Å². The number of benzene rings is 1. The highest BCUT2D eigenvalue weighted by Crippen LogP contribution is 2.42. The molecular weight excluding hydrogens is 368 g/mol. The van der Waals surface area contributed by atoms with E-state index in [1.165, 1.54) is 4.52 Å². The normalized spacial score (nSPS) is 17.6. The lowest BCUT2D eigenvalue weighted by Gasteiger charge is -2.31. The number of rotatable bonds is 4. The Labute approximate surface area is 168 Å². The molecule has 3 aromatic rings. The van der Waals surface area contributed by atoms with Crippen molar-refractivity contribution in [2.24, 2.45) is 0 Å². The summed E-state index contributed by atoms with van der Waals surface area (Å²) < 4.78 is 6.96. The number of fused-ring (bicyclic) bond motifs is 1. The lowest BCUT2D eigenvalue weighted by Crippen LogP contribution is -2.38. The van der Waals surface area contributed by atoms with Gasteiger partial charge in [-0.15, -0.1) is 0 Å². The second kappa shape index (κ2) is 7.39. The van der Waals surface area contributed by atoms with E-state index < -0.39 is 0 Å². The lowest BCUT2D eigenvalue weighted by atomic mass is 9.93. The van der Waals surface area contributed by atoms with Gasteiger partial charge in [-0.05, 0) is 37.2 Å². The van der Waals surface area contributed by atoms with E-state index in [-0.39, 0.29) is 24.5 Å². The number of nitrogens with zero attached hydrogens (tertiary/aromatic N) is 4. The Kier molecular flexibility index (Phi) is 4.58. The molecule has 1 aliphatic heterocycles. The Morgan fingerprint density at radius 3 is 2.59 bits per heavy atom. The maximum absolute atomic E-state index is 12.4. The highest BCUT2D eigenvalue weighted by atomic mass is 16.6. The first kappa shape index (κ1) is 18.0. The van der Waals surface area contributed by atoms with Gasteiger partial charge < -0.3 is 14.7 Å². The molecule has 0 unspecified atom stereocenters. The molecule has 2 aliphatic rings. The predicted molar refractivity (Wildman–Crippen MR) is 107 cm³/mol. The van der Waals surface area contributed by atoms with Crippen LogP contribution in [0.15, 0.2) is 42.6 Å². The predicted octanol–water partition coefficient (Wildman–Crippen LogP) is 3.83. The first-order chi connectivity index (χ1) is 14.2. The third-order valence-electron chi connectivity index (χ3n) is 5.89. The van der Waals surface area contributed by atoms with E-state index in [0.717, 1.165) is 48.2 Å². The van der Waals surface area contributed by atoms with E-state index in [1.807, 2.05) is 36.5 Å². The molecule has 29 heavy (non-hydrogen) atoms. The molecule has 7 heteroatoms. The lowest BCUT2D eigenvalue weighted by molar-refractivity contribution is 0.0868. The summed E-state index contributed by atoms with van der Waals surface area (Å²) in [6.07, 6.45) is 5.49. The summed E-state index contributed by atoms with van der Waals surface area (Å²) in [4.78, 5) is 19.0. The smallest absolute Gasteiger partial charge is 0.410 e. The molecule has 150 valence electrons.